The first-order valence-electron chi connectivity index (χ1n) is 4.05. The van der Waals surface area contributed by atoms with Crippen LogP contribution in [-0.2, 0) is 0 Å². The molecule has 0 aliphatic carbocycles. The molecule has 0 amide bonds. The molecule has 0 N–H and O–H groups in total. The van der Waals surface area contributed by atoms with Crippen molar-refractivity contribution < 1.29 is 0 Å². The van der Waals surface area contributed by atoms with Gasteiger partial charge >= 0.3 is 0 Å². The van der Waals surface area contributed by atoms with Crippen LogP contribution in [0.4, 0.5) is 0 Å². The molecule has 1 heteroatoms. The van der Waals surface area contributed by atoms with Gasteiger partial charge in [0.2, 0.25) is 0 Å². The largest absolute Gasteiger partial charge is 0.140 e. The van der Waals surface area contributed by atoms with E-state index in [1.807, 2.05) is 24.3 Å². The van der Waals surface area contributed by atoms with Crippen LogP contribution in [0.25, 0.3) is 12.2 Å². The Bertz CT molecular complexity index is 316. The van der Waals surface area contributed by atoms with E-state index >= 15 is 0 Å². The van der Waals surface area contributed by atoms with Crippen molar-refractivity contribution in [3.8, 4) is 0 Å². The lowest BCUT2D eigenvalue weighted by Gasteiger charge is -1.92. The summed E-state index contributed by atoms with van der Waals surface area (Å²) in [6, 6.07) is 0. The molecule has 1 aromatic rings. The molecule has 0 nitrogen and oxygen atoms in total. The normalized spacial score (nSPS) is 10.9. The Morgan fingerprint density at radius 2 is 2.00 bits per heavy atom. The molecule has 0 saturated carbocycles. The molecule has 0 fully saturated rings. The summed E-state index contributed by atoms with van der Waals surface area (Å²) < 4.78 is 0. The molecule has 0 aromatic carbocycles. The van der Waals surface area contributed by atoms with Gasteiger partial charge in [-0.15, -0.1) is 11.3 Å². The Labute approximate surface area is 78.2 Å². The molecule has 0 aliphatic heterocycles. The Morgan fingerprint density at radius 3 is 2.50 bits per heavy atom. The van der Waals surface area contributed by atoms with Gasteiger partial charge in [0.15, 0.2) is 0 Å². The lowest BCUT2D eigenvalue weighted by Crippen LogP contribution is -1.75. The zero-order chi connectivity index (χ0) is 9.14. The van der Waals surface area contributed by atoms with Crippen LogP contribution in [-0.4, -0.2) is 0 Å². The van der Waals surface area contributed by atoms with Crippen LogP contribution in [0, 0.1) is 13.8 Å². The van der Waals surface area contributed by atoms with Crippen LogP contribution in [0.3, 0.4) is 0 Å². The average molecular weight is 178 g/mol. The van der Waals surface area contributed by atoms with Gasteiger partial charge in [-0.2, -0.15) is 0 Å². The number of allylic oxidation sites excluding steroid dienone is 1. The van der Waals surface area contributed by atoms with E-state index in [4.69, 9.17) is 0 Å². The molecule has 1 heterocycles. The van der Waals surface area contributed by atoms with E-state index in [0.717, 1.165) is 0 Å². The highest BCUT2D eigenvalue weighted by molar-refractivity contribution is 7.13. The van der Waals surface area contributed by atoms with E-state index in [0.29, 0.717) is 0 Å². The van der Waals surface area contributed by atoms with Gasteiger partial charge in [0.1, 0.15) is 0 Å². The fourth-order valence-electron chi connectivity index (χ4n) is 1.20. The summed E-state index contributed by atoms with van der Waals surface area (Å²) in [6.07, 6.45) is 6.15. The van der Waals surface area contributed by atoms with E-state index < -0.39 is 0 Å². The van der Waals surface area contributed by atoms with Crippen molar-refractivity contribution in [1.29, 1.82) is 0 Å². The number of hydrogen-bond donors (Lipinski definition) is 0. The van der Waals surface area contributed by atoms with Gasteiger partial charge in [-0.05, 0) is 38.0 Å². The monoisotopic (exact) mass is 178 g/mol. The second-order valence-corrected chi connectivity index (χ2v) is 4.02. The number of aryl methyl sites for hydroxylation is 1. The molecule has 0 bridgehead atoms. The molecule has 0 aliphatic rings. The van der Waals surface area contributed by atoms with Gasteiger partial charge in [0, 0.05) is 9.75 Å². The third kappa shape index (κ3) is 1.51. The minimum absolute atomic E-state index is 1.29. The Kier molecular flexibility index (Phi) is 2.88. The first-order chi connectivity index (χ1) is 5.70. The summed E-state index contributed by atoms with van der Waals surface area (Å²) in [5.74, 6) is 0. The van der Waals surface area contributed by atoms with Crippen molar-refractivity contribution in [2.24, 2.45) is 0 Å². The maximum absolute atomic E-state index is 3.82. The van der Waals surface area contributed by atoms with Gasteiger partial charge < -0.3 is 0 Å². The molecule has 64 valence electrons. The first-order valence-corrected chi connectivity index (χ1v) is 4.87. The molecule has 0 spiro atoms. The molecular weight excluding hydrogens is 164 g/mol. The van der Waals surface area contributed by atoms with Crippen molar-refractivity contribution in [2.45, 2.75) is 20.8 Å². The zero-order valence-electron chi connectivity index (χ0n) is 7.85. The number of rotatable bonds is 2. The zero-order valence-corrected chi connectivity index (χ0v) is 8.66. The summed E-state index contributed by atoms with van der Waals surface area (Å²) in [5, 5.41) is 0. The molecule has 1 rings (SSSR count). The highest BCUT2D eigenvalue weighted by atomic mass is 32.1. The molecular formula is C11H14S. The maximum Gasteiger partial charge on any atom is 0.0344 e. The maximum atomic E-state index is 3.82. The third-order valence-corrected chi connectivity index (χ3v) is 3.17. The predicted molar refractivity (Wildman–Crippen MR) is 58.6 cm³/mol. The second-order valence-electron chi connectivity index (χ2n) is 2.77. The highest BCUT2D eigenvalue weighted by Crippen LogP contribution is 2.29. The minimum Gasteiger partial charge on any atom is -0.140 e. The number of hydrogen-bond acceptors (Lipinski definition) is 1. The minimum atomic E-state index is 1.29. The van der Waals surface area contributed by atoms with E-state index in [9.17, 15) is 0 Å². The Hall–Kier alpha value is -0.820. The fourth-order valence-corrected chi connectivity index (χ4v) is 2.34. The lowest BCUT2D eigenvalue weighted by molar-refractivity contribution is 1.42. The molecule has 1 aromatic heterocycles. The Balaban J connectivity index is 3.28. The summed E-state index contributed by atoms with van der Waals surface area (Å²) in [4.78, 5) is 2.71. The molecule has 12 heavy (non-hydrogen) atoms. The quantitative estimate of drug-likeness (QED) is 0.641. The van der Waals surface area contributed by atoms with Crippen molar-refractivity contribution in [3.05, 3.63) is 33.5 Å². The summed E-state index contributed by atoms with van der Waals surface area (Å²) in [7, 11) is 0. The molecule has 0 radical (unpaired) electrons. The van der Waals surface area contributed by atoms with Crippen LogP contribution in [0.2, 0.25) is 0 Å². The van der Waals surface area contributed by atoms with Crippen molar-refractivity contribution in [3.63, 3.8) is 0 Å². The smallest absolute Gasteiger partial charge is 0.0344 e. The Morgan fingerprint density at radius 1 is 1.33 bits per heavy atom. The van der Waals surface area contributed by atoms with Crippen LogP contribution >= 0.6 is 11.3 Å². The van der Waals surface area contributed by atoms with Crippen LogP contribution in [0.1, 0.15) is 27.8 Å². The van der Waals surface area contributed by atoms with Gasteiger partial charge in [-0.1, -0.05) is 18.7 Å². The lowest BCUT2D eigenvalue weighted by atomic mass is 10.1. The summed E-state index contributed by atoms with van der Waals surface area (Å²) in [6.45, 7) is 10.2. The number of thiophene rings is 1. The van der Waals surface area contributed by atoms with Crippen LogP contribution < -0.4 is 0 Å². The van der Waals surface area contributed by atoms with E-state index in [-0.39, 0.29) is 0 Å². The van der Waals surface area contributed by atoms with E-state index in [1.54, 1.807) is 0 Å². The van der Waals surface area contributed by atoms with Gasteiger partial charge in [0.25, 0.3) is 0 Å². The van der Waals surface area contributed by atoms with Crippen LogP contribution in [0.15, 0.2) is 12.7 Å². The van der Waals surface area contributed by atoms with Crippen molar-refractivity contribution in [1.82, 2.24) is 0 Å². The van der Waals surface area contributed by atoms with Crippen molar-refractivity contribution >= 4 is 23.5 Å². The topological polar surface area (TPSA) is 0 Å². The summed E-state index contributed by atoms with van der Waals surface area (Å²) >= 11 is 1.83. The predicted octanol–water partition coefficient (Wildman–Crippen LogP) is 4.04. The van der Waals surface area contributed by atoms with E-state index in [2.05, 4.69) is 32.6 Å². The van der Waals surface area contributed by atoms with Gasteiger partial charge in [-0.25, -0.2) is 0 Å². The SMILES string of the molecule is C=Cc1c(/C=C\C)sc(C)c1C. The second kappa shape index (κ2) is 3.72. The van der Waals surface area contributed by atoms with Crippen molar-refractivity contribution in [2.75, 3.05) is 0 Å². The molecule has 0 atom stereocenters. The van der Waals surface area contributed by atoms with Crippen LogP contribution in [0.5, 0.6) is 0 Å². The average Bonchev–Trinajstić information content (AvgIpc) is 2.29. The van der Waals surface area contributed by atoms with Gasteiger partial charge in [-0.3, -0.25) is 0 Å². The fraction of sp³-hybridized carbons (Fsp3) is 0.273. The van der Waals surface area contributed by atoms with Gasteiger partial charge in [0.05, 0.1) is 0 Å². The van der Waals surface area contributed by atoms with E-state index in [1.165, 1.54) is 20.9 Å². The molecule has 0 saturated heterocycles. The summed E-state index contributed by atoms with van der Waals surface area (Å²) in [5.41, 5.74) is 2.65. The standard InChI is InChI=1S/C11H14S/c1-5-7-11-10(6-2)8(3)9(4)12-11/h5-7H,2H2,1,3-4H3/b7-5-. The highest BCUT2D eigenvalue weighted by Gasteiger charge is 2.05. The third-order valence-electron chi connectivity index (χ3n) is 1.98. The first kappa shape index (κ1) is 9.27. The molecule has 0 unspecified atom stereocenters.